The molecule has 0 saturated heterocycles. The van der Waals surface area contributed by atoms with Crippen LogP contribution in [-0.4, -0.2) is 4.86 Å². The molecule has 0 heterocycles. The van der Waals surface area contributed by atoms with Crippen molar-refractivity contribution in [3.63, 3.8) is 0 Å². The van der Waals surface area contributed by atoms with Gasteiger partial charge >= 0.3 is 0 Å². The van der Waals surface area contributed by atoms with Crippen LogP contribution in [0.5, 0.6) is 0 Å². The van der Waals surface area contributed by atoms with Crippen LogP contribution in [0.2, 0.25) is 0 Å². The number of hydrogen-bond donors (Lipinski definition) is 0. The van der Waals surface area contributed by atoms with Crippen LogP contribution in [0.25, 0.3) is 0 Å². The number of hydrogen-bond acceptors (Lipinski definition) is 1. The van der Waals surface area contributed by atoms with E-state index in [0.29, 0.717) is 5.92 Å². The van der Waals surface area contributed by atoms with Gasteiger partial charge in [0.25, 0.3) is 0 Å². The topological polar surface area (TPSA) is 0 Å². The third kappa shape index (κ3) is 8.68. The van der Waals surface area contributed by atoms with Crippen LogP contribution in [-0.2, 0) is 0 Å². The van der Waals surface area contributed by atoms with Gasteiger partial charge in [0.2, 0.25) is 0 Å². The van der Waals surface area contributed by atoms with E-state index in [9.17, 15) is 0 Å². The molecule has 0 saturated carbocycles. The van der Waals surface area contributed by atoms with Crippen LogP contribution in [0, 0.1) is 11.8 Å². The molecule has 0 spiro atoms. The first-order chi connectivity index (χ1) is 6.54. The number of rotatable bonds is 8. The fourth-order valence-electron chi connectivity index (χ4n) is 1.49. The van der Waals surface area contributed by atoms with Crippen LogP contribution in [0.15, 0.2) is 0 Å². The van der Waals surface area contributed by atoms with Crippen LogP contribution >= 0.6 is 12.2 Å². The van der Waals surface area contributed by atoms with E-state index >= 15 is 0 Å². The van der Waals surface area contributed by atoms with E-state index in [1.165, 1.54) is 37.0 Å². The van der Waals surface area contributed by atoms with Gasteiger partial charge in [-0.25, -0.2) is 0 Å². The highest BCUT2D eigenvalue weighted by atomic mass is 32.1. The van der Waals surface area contributed by atoms with Gasteiger partial charge in [0.05, 0.1) is 0 Å². The predicted molar refractivity (Wildman–Crippen MR) is 70.0 cm³/mol. The molecule has 14 heavy (non-hydrogen) atoms. The van der Waals surface area contributed by atoms with Gasteiger partial charge in [0.1, 0.15) is 0 Å². The first-order valence-electron chi connectivity index (χ1n) is 6.06. The average Bonchev–Trinajstić information content (AvgIpc) is 2.09. The molecule has 0 fully saturated rings. The summed E-state index contributed by atoms with van der Waals surface area (Å²) in [6.45, 7) is 8.99. The summed E-state index contributed by atoms with van der Waals surface area (Å²) in [5.41, 5.74) is 0. The van der Waals surface area contributed by atoms with Crippen molar-refractivity contribution in [3.05, 3.63) is 0 Å². The van der Waals surface area contributed by atoms with Crippen LogP contribution in [0.3, 0.4) is 0 Å². The monoisotopic (exact) mass is 214 g/mol. The first-order valence-corrected chi connectivity index (χ1v) is 6.47. The van der Waals surface area contributed by atoms with Crippen LogP contribution in [0.4, 0.5) is 0 Å². The molecule has 0 aliphatic rings. The lowest BCUT2D eigenvalue weighted by atomic mass is 10.0. The molecular weight excluding hydrogens is 188 g/mol. The maximum atomic E-state index is 5.30. The van der Waals surface area contributed by atoms with Gasteiger partial charge < -0.3 is 0 Å². The predicted octanol–water partition coefficient (Wildman–Crippen LogP) is 5.01. The molecule has 0 bridgehead atoms. The lowest BCUT2D eigenvalue weighted by Crippen LogP contribution is -2.03. The third-order valence-electron chi connectivity index (χ3n) is 2.60. The van der Waals surface area contributed by atoms with Crippen molar-refractivity contribution >= 4 is 17.1 Å². The molecular formula is C13H26S. The van der Waals surface area contributed by atoms with Gasteiger partial charge in [-0.2, -0.15) is 0 Å². The minimum atomic E-state index is 0.598. The second-order valence-corrected chi connectivity index (χ2v) is 5.49. The van der Waals surface area contributed by atoms with E-state index in [4.69, 9.17) is 12.2 Å². The Hall–Kier alpha value is 0.0900. The fraction of sp³-hybridized carbons (Fsp3) is 0.923. The summed E-state index contributed by atoms with van der Waals surface area (Å²) in [7, 11) is 0. The average molecular weight is 214 g/mol. The van der Waals surface area contributed by atoms with Gasteiger partial charge in [-0.15, -0.1) is 0 Å². The molecule has 0 aromatic carbocycles. The zero-order chi connectivity index (χ0) is 11.0. The number of thiocarbonyl (C=S) groups is 1. The molecule has 0 aliphatic carbocycles. The van der Waals surface area contributed by atoms with E-state index < -0.39 is 0 Å². The minimum Gasteiger partial charge on any atom is -0.0894 e. The molecule has 0 aromatic heterocycles. The summed E-state index contributed by atoms with van der Waals surface area (Å²) >= 11 is 5.30. The highest BCUT2D eigenvalue weighted by Crippen LogP contribution is 2.12. The van der Waals surface area contributed by atoms with E-state index in [1.54, 1.807) is 0 Å². The molecule has 0 atom stereocenters. The summed E-state index contributed by atoms with van der Waals surface area (Å²) in [4.78, 5) is 1.26. The Kier molecular flexibility index (Phi) is 8.46. The molecule has 0 aliphatic heterocycles. The lowest BCUT2D eigenvalue weighted by Gasteiger charge is -2.07. The van der Waals surface area contributed by atoms with Crippen molar-refractivity contribution in [2.24, 2.45) is 11.8 Å². The Morgan fingerprint density at radius 1 is 0.929 bits per heavy atom. The molecule has 0 amide bonds. The molecule has 0 nitrogen and oxygen atoms in total. The first kappa shape index (κ1) is 14.1. The zero-order valence-corrected chi connectivity index (χ0v) is 11.1. The quantitative estimate of drug-likeness (QED) is 0.404. The van der Waals surface area contributed by atoms with Crippen LogP contribution in [0.1, 0.15) is 66.2 Å². The standard InChI is InChI=1S/C13H26S/c1-11(2)9-7-5-6-8-10-13(14)12(3)4/h11-12H,5-10H2,1-4H3. The van der Waals surface area contributed by atoms with Crippen LogP contribution < -0.4 is 0 Å². The highest BCUT2D eigenvalue weighted by Gasteiger charge is 2.01. The highest BCUT2D eigenvalue weighted by molar-refractivity contribution is 7.80. The second kappa shape index (κ2) is 8.40. The summed E-state index contributed by atoms with van der Waals surface area (Å²) < 4.78 is 0. The second-order valence-electron chi connectivity index (χ2n) is 4.97. The molecule has 1 heteroatoms. The SMILES string of the molecule is CC(C)CCCCCCC(=S)C(C)C. The van der Waals surface area contributed by atoms with E-state index in [0.717, 1.165) is 12.3 Å². The normalized spacial score (nSPS) is 11.3. The van der Waals surface area contributed by atoms with Gasteiger partial charge in [0.15, 0.2) is 0 Å². The molecule has 0 aromatic rings. The fourth-order valence-corrected chi connectivity index (χ4v) is 1.64. The Balaban J connectivity index is 3.18. The summed E-state index contributed by atoms with van der Waals surface area (Å²) in [6, 6.07) is 0. The van der Waals surface area contributed by atoms with Gasteiger partial charge in [-0.05, 0) is 29.5 Å². The Labute approximate surface area is 95.5 Å². The van der Waals surface area contributed by atoms with Crippen molar-refractivity contribution in [2.45, 2.75) is 66.2 Å². The summed E-state index contributed by atoms with van der Waals surface area (Å²) in [6.07, 6.45) is 7.99. The van der Waals surface area contributed by atoms with E-state index in [-0.39, 0.29) is 0 Å². The van der Waals surface area contributed by atoms with Gasteiger partial charge in [0, 0.05) is 0 Å². The number of unbranched alkanes of at least 4 members (excludes halogenated alkanes) is 3. The Bertz CT molecular complexity index is 147. The maximum Gasteiger partial charge on any atom is -0.00461 e. The minimum absolute atomic E-state index is 0.598. The summed E-state index contributed by atoms with van der Waals surface area (Å²) in [5, 5.41) is 0. The smallest absolute Gasteiger partial charge is 0.00461 e. The van der Waals surface area contributed by atoms with Gasteiger partial charge in [-0.1, -0.05) is 65.6 Å². The van der Waals surface area contributed by atoms with E-state index in [2.05, 4.69) is 27.7 Å². The molecule has 0 radical (unpaired) electrons. The molecule has 0 N–H and O–H groups in total. The third-order valence-corrected chi connectivity index (χ3v) is 3.27. The Morgan fingerprint density at radius 2 is 1.50 bits per heavy atom. The zero-order valence-electron chi connectivity index (χ0n) is 10.3. The van der Waals surface area contributed by atoms with Crippen molar-refractivity contribution in [1.82, 2.24) is 0 Å². The van der Waals surface area contributed by atoms with Crippen molar-refractivity contribution < 1.29 is 0 Å². The lowest BCUT2D eigenvalue weighted by molar-refractivity contribution is 0.522. The molecule has 84 valence electrons. The molecule has 0 rings (SSSR count). The van der Waals surface area contributed by atoms with Crippen molar-refractivity contribution in [3.8, 4) is 0 Å². The summed E-state index contributed by atoms with van der Waals surface area (Å²) in [5.74, 6) is 1.47. The van der Waals surface area contributed by atoms with Gasteiger partial charge in [-0.3, -0.25) is 0 Å². The van der Waals surface area contributed by atoms with E-state index in [1.807, 2.05) is 0 Å². The Morgan fingerprint density at radius 3 is 2.00 bits per heavy atom. The maximum absolute atomic E-state index is 5.30. The van der Waals surface area contributed by atoms with Crippen molar-refractivity contribution in [2.75, 3.05) is 0 Å². The largest absolute Gasteiger partial charge is 0.0894 e. The molecule has 0 unspecified atom stereocenters. The van der Waals surface area contributed by atoms with Crippen molar-refractivity contribution in [1.29, 1.82) is 0 Å².